The Morgan fingerprint density at radius 2 is 1.77 bits per heavy atom. The zero-order valence-electron chi connectivity index (χ0n) is 18.4. The molecule has 5 atom stereocenters. The summed E-state index contributed by atoms with van der Waals surface area (Å²) in [6.45, 7) is 7.60. The summed E-state index contributed by atoms with van der Waals surface area (Å²) in [6, 6.07) is 9.56. The van der Waals surface area contributed by atoms with Crippen LogP contribution in [0.15, 0.2) is 29.8 Å². The standard InChI is InChI=1S/C23H33N3O5/c1-4-10-26(11-5-2)18-8-6-16(7-9-18)12-17(13-24)22(29)25-14-19-21(28)20(27)15(3)23(30)31-19/h6-9,12,15,19-21,23,27-28,30H,4-5,10-11,14H2,1-3H3,(H,25,29)/b17-12+/t15-,19-,20-,21-,23?/m1/s1. The van der Waals surface area contributed by atoms with Gasteiger partial charge in [-0.05, 0) is 36.6 Å². The van der Waals surface area contributed by atoms with Crippen LogP contribution in [0.2, 0.25) is 0 Å². The number of nitriles is 1. The van der Waals surface area contributed by atoms with Crippen LogP contribution in [0.3, 0.4) is 0 Å². The summed E-state index contributed by atoms with van der Waals surface area (Å²) >= 11 is 0. The molecule has 0 aliphatic carbocycles. The van der Waals surface area contributed by atoms with E-state index in [2.05, 4.69) is 24.1 Å². The van der Waals surface area contributed by atoms with Crippen molar-refractivity contribution in [3.8, 4) is 6.07 Å². The third kappa shape index (κ3) is 6.52. The minimum Gasteiger partial charge on any atom is -0.390 e. The Bertz CT molecular complexity index is 783. The zero-order valence-corrected chi connectivity index (χ0v) is 18.4. The first-order valence-electron chi connectivity index (χ1n) is 10.8. The van der Waals surface area contributed by atoms with Crippen molar-refractivity contribution in [1.82, 2.24) is 5.32 Å². The lowest BCUT2D eigenvalue weighted by Gasteiger charge is -2.39. The van der Waals surface area contributed by atoms with Crippen molar-refractivity contribution in [2.24, 2.45) is 5.92 Å². The number of nitrogens with one attached hydrogen (secondary N) is 1. The fourth-order valence-corrected chi connectivity index (χ4v) is 3.55. The van der Waals surface area contributed by atoms with Crippen molar-refractivity contribution in [3.63, 3.8) is 0 Å². The minimum atomic E-state index is -1.25. The molecule has 0 bridgehead atoms. The highest BCUT2D eigenvalue weighted by atomic mass is 16.6. The number of amides is 1. The summed E-state index contributed by atoms with van der Waals surface area (Å²) in [7, 11) is 0. The molecule has 2 rings (SSSR count). The molecule has 0 aromatic heterocycles. The molecule has 4 N–H and O–H groups in total. The predicted octanol–water partition coefficient (Wildman–Crippen LogP) is 1.41. The first-order valence-corrected chi connectivity index (χ1v) is 10.8. The average Bonchev–Trinajstić information content (AvgIpc) is 2.77. The largest absolute Gasteiger partial charge is 0.390 e. The number of carbonyl (C=O) groups excluding carboxylic acids is 1. The van der Waals surface area contributed by atoms with Gasteiger partial charge in [0.1, 0.15) is 23.9 Å². The van der Waals surface area contributed by atoms with Gasteiger partial charge in [-0.2, -0.15) is 5.26 Å². The molecular formula is C23H33N3O5. The van der Waals surface area contributed by atoms with Crippen LogP contribution in [-0.2, 0) is 9.53 Å². The van der Waals surface area contributed by atoms with E-state index >= 15 is 0 Å². The third-order valence-electron chi connectivity index (χ3n) is 5.42. The van der Waals surface area contributed by atoms with Crippen LogP contribution in [0, 0.1) is 17.2 Å². The summed E-state index contributed by atoms with van der Waals surface area (Å²) < 4.78 is 5.26. The molecule has 1 saturated heterocycles. The van der Waals surface area contributed by atoms with Crippen molar-refractivity contribution >= 4 is 17.7 Å². The Morgan fingerprint density at radius 1 is 1.16 bits per heavy atom. The monoisotopic (exact) mass is 431 g/mol. The second-order valence-corrected chi connectivity index (χ2v) is 7.86. The lowest BCUT2D eigenvalue weighted by atomic mass is 9.92. The molecule has 31 heavy (non-hydrogen) atoms. The van der Waals surface area contributed by atoms with Crippen LogP contribution in [-0.4, -0.2) is 65.5 Å². The van der Waals surface area contributed by atoms with Gasteiger partial charge in [0.05, 0.1) is 6.10 Å². The number of hydrogen-bond acceptors (Lipinski definition) is 7. The molecule has 8 heteroatoms. The number of carbonyl (C=O) groups is 1. The summed E-state index contributed by atoms with van der Waals surface area (Å²) in [4.78, 5) is 14.7. The minimum absolute atomic E-state index is 0.0912. The molecular weight excluding hydrogens is 398 g/mol. The van der Waals surface area contributed by atoms with E-state index in [-0.39, 0.29) is 12.1 Å². The van der Waals surface area contributed by atoms with Gasteiger partial charge in [0.2, 0.25) is 0 Å². The number of aliphatic hydroxyl groups is 3. The smallest absolute Gasteiger partial charge is 0.262 e. The third-order valence-corrected chi connectivity index (χ3v) is 5.42. The van der Waals surface area contributed by atoms with Crippen LogP contribution >= 0.6 is 0 Å². The number of nitrogens with zero attached hydrogens (tertiary/aromatic N) is 2. The van der Waals surface area contributed by atoms with E-state index in [4.69, 9.17) is 4.74 Å². The summed E-state index contributed by atoms with van der Waals surface area (Å²) in [6.07, 6.45) is -1.06. The maximum absolute atomic E-state index is 12.4. The lowest BCUT2D eigenvalue weighted by molar-refractivity contribution is -0.258. The molecule has 0 spiro atoms. The number of benzene rings is 1. The number of hydrogen-bond donors (Lipinski definition) is 4. The van der Waals surface area contributed by atoms with E-state index in [0.29, 0.717) is 0 Å². The highest BCUT2D eigenvalue weighted by Gasteiger charge is 2.41. The molecule has 1 aliphatic heterocycles. The number of anilines is 1. The van der Waals surface area contributed by atoms with Gasteiger partial charge in [0.25, 0.3) is 5.91 Å². The van der Waals surface area contributed by atoms with Gasteiger partial charge in [0.15, 0.2) is 6.29 Å². The van der Waals surface area contributed by atoms with E-state index in [0.717, 1.165) is 37.2 Å². The predicted molar refractivity (Wildman–Crippen MR) is 118 cm³/mol. The summed E-state index contributed by atoms with van der Waals surface area (Å²) in [5, 5.41) is 41.8. The van der Waals surface area contributed by atoms with Crippen molar-refractivity contribution in [3.05, 3.63) is 35.4 Å². The molecule has 170 valence electrons. The molecule has 1 aliphatic rings. The van der Waals surface area contributed by atoms with Gasteiger partial charge in [-0.3, -0.25) is 4.79 Å². The van der Waals surface area contributed by atoms with Crippen molar-refractivity contribution in [2.75, 3.05) is 24.5 Å². The highest BCUT2D eigenvalue weighted by Crippen LogP contribution is 2.24. The average molecular weight is 432 g/mol. The Kier molecular flexibility index (Phi) is 9.46. The molecule has 1 aromatic rings. The topological polar surface area (TPSA) is 126 Å². The molecule has 1 amide bonds. The zero-order chi connectivity index (χ0) is 23.0. The first kappa shape index (κ1) is 24.8. The Morgan fingerprint density at radius 3 is 2.32 bits per heavy atom. The Hall–Kier alpha value is -2.44. The van der Waals surface area contributed by atoms with Crippen LogP contribution in [0.4, 0.5) is 5.69 Å². The van der Waals surface area contributed by atoms with Crippen LogP contribution in [0.25, 0.3) is 6.08 Å². The van der Waals surface area contributed by atoms with Gasteiger partial charge in [-0.25, -0.2) is 0 Å². The summed E-state index contributed by atoms with van der Waals surface area (Å²) in [5.41, 5.74) is 1.72. The quantitative estimate of drug-likeness (QED) is 0.344. The molecule has 0 saturated carbocycles. The van der Waals surface area contributed by atoms with Gasteiger partial charge >= 0.3 is 0 Å². The SMILES string of the molecule is CCCN(CCC)c1ccc(/C=C(\C#N)C(=O)NC[C@H]2OC(O)[C@H](C)[C@@H](O)[C@@H]2O)cc1. The maximum atomic E-state index is 12.4. The molecule has 0 radical (unpaired) electrons. The van der Waals surface area contributed by atoms with Crippen LogP contribution in [0.5, 0.6) is 0 Å². The number of ether oxygens (including phenoxy) is 1. The fraction of sp³-hybridized carbons (Fsp3) is 0.565. The number of rotatable bonds is 9. The molecule has 1 heterocycles. The van der Waals surface area contributed by atoms with Crippen molar-refractivity contribution in [1.29, 1.82) is 5.26 Å². The Balaban J connectivity index is 2.02. The molecule has 1 aromatic carbocycles. The second kappa shape index (κ2) is 11.8. The van der Waals surface area contributed by atoms with Crippen LogP contribution in [0.1, 0.15) is 39.2 Å². The van der Waals surface area contributed by atoms with Gasteiger partial charge in [-0.1, -0.05) is 32.9 Å². The molecule has 8 nitrogen and oxygen atoms in total. The van der Waals surface area contributed by atoms with Crippen LogP contribution < -0.4 is 10.2 Å². The fourth-order valence-electron chi connectivity index (χ4n) is 3.55. The maximum Gasteiger partial charge on any atom is 0.262 e. The second-order valence-electron chi connectivity index (χ2n) is 7.86. The van der Waals surface area contributed by atoms with E-state index in [1.807, 2.05) is 30.3 Å². The number of aliphatic hydroxyl groups excluding tert-OH is 3. The van der Waals surface area contributed by atoms with E-state index in [9.17, 15) is 25.4 Å². The normalized spacial score (nSPS) is 26.2. The highest BCUT2D eigenvalue weighted by molar-refractivity contribution is 6.01. The summed E-state index contributed by atoms with van der Waals surface area (Å²) in [5.74, 6) is -1.27. The Labute approximate surface area is 183 Å². The first-order chi connectivity index (χ1) is 14.8. The van der Waals surface area contributed by atoms with E-state index < -0.39 is 36.4 Å². The van der Waals surface area contributed by atoms with Gasteiger partial charge < -0.3 is 30.3 Å². The van der Waals surface area contributed by atoms with Gasteiger partial charge in [-0.15, -0.1) is 0 Å². The molecule has 1 unspecified atom stereocenters. The molecule has 1 fully saturated rings. The van der Waals surface area contributed by atoms with E-state index in [1.165, 1.54) is 6.08 Å². The van der Waals surface area contributed by atoms with E-state index in [1.54, 1.807) is 6.92 Å². The van der Waals surface area contributed by atoms with Gasteiger partial charge in [0, 0.05) is 31.2 Å². The van der Waals surface area contributed by atoms with Crippen molar-refractivity contribution in [2.45, 2.75) is 58.2 Å². The lowest BCUT2D eigenvalue weighted by Crippen LogP contribution is -2.56. The van der Waals surface area contributed by atoms with Crippen molar-refractivity contribution < 1.29 is 24.9 Å².